The molecule has 0 amide bonds. The molecule has 112 valence electrons. The lowest BCUT2D eigenvalue weighted by molar-refractivity contribution is -0.130. The maximum Gasteiger partial charge on any atom is 0.343 e. The van der Waals surface area contributed by atoms with Crippen molar-refractivity contribution in [2.45, 2.75) is 0 Å². The summed E-state index contributed by atoms with van der Waals surface area (Å²) in [5, 5.41) is 9.24. The molecule has 0 aliphatic carbocycles. The molecule has 22 heavy (non-hydrogen) atoms. The van der Waals surface area contributed by atoms with Gasteiger partial charge in [-0.3, -0.25) is 0 Å². The zero-order valence-electron chi connectivity index (χ0n) is 11.9. The van der Waals surface area contributed by atoms with Gasteiger partial charge in [0.15, 0.2) is 0 Å². The molecule has 0 saturated carbocycles. The number of ether oxygens (including phenoxy) is 2. The molecule has 0 radical (unpaired) electrons. The molecule has 0 heterocycles. The number of esters is 1. The Morgan fingerprint density at radius 3 is 2.27 bits per heavy atom. The van der Waals surface area contributed by atoms with Crippen molar-refractivity contribution < 1.29 is 24.2 Å². The zero-order valence-corrected chi connectivity index (χ0v) is 11.9. The van der Waals surface area contributed by atoms with E-state index >= 15 is 0 Å². The molecule has 2 aromatic rings. The Hall–Kier alpha value is -3.08. The lowest BCUT2D eigenvalue weighted by Crippen LogP contribution is -2.11. The second kappa shape index (κ2) is 7.08. The minimum absolute atomic E-state index is 0.0982. The lowest BCUT2D eigenvalue weighted by Gasteiger charge is -2.10. The van der Waals surface area contributed by atoms with Gasteiger partial charge in [-0.05, 0) is 18.2 Å². The summed E-state index contributed by atoms with van der Waals surface area (Å²) in [7, 11) is 1.35. The van der Waals surface area contributed by atoms with Crippen LogP contribution in [0.15, 0.2) is 60.9 Å². The maximum absolute atomic E-state index is 12.1. The molecule has 5 nitrogen and oxygen atoms in total. The Bertz CT molecular complexity index is 704. The summed E-state index contributed by atoms with van der Waals surface area (Å²) in [5.74, 6) is -1.58. The Morgan fingerprint density at radius 1 is 1.00 bits per heavy atom. The average molecular weight is 298 g/mol. The van der Waals surface area contributed by atoms with E-state index in [0.717, 1.165) is 6.26 Å². The molecule has 0 aliphatic rings. The number of carbonyl (C=O) groups excluding carboxylic acids is 1. The van der Waals surface area contributed by atoms with Gasteiger partial charge in [0.25, 0.3) is 0 Å². The van der Waals surface area contributed by atoms with Crippen LogP contribution >= 0.6 is 0 Å². The number of carboxylic acids is 1. The van der Waals surface area contributed by atoms with Gasteiger partial charge in [0.1, 0.15) is 11.3 Å². The first kappa shape index (κ1) is 15.3. The number of methoxy groups -OCH3 is 1. The molecular weight excluding hydrogens is 284 g/mol. The van der Waals surface area contributed by atoms with Crippen molar-refractivity contribution in [3.8, 4) is 5.75 Å². The van der Waals surface area contributed by atoms with Gasteiger partial charge < -0.3 is 14.6 Å². The van der Waals surface area contributed by atoms with Crippen molar-refractivity contribution in [3.05, 3.63) is 72.0 Å². The van der Waals surface area contributed by atoms with Gasteiger partial charge in [-0.25, -0.2) is 9.59 Å². The Labute approximate surface area is 127 Å². The zero-order chi connectivity index (χ0) is 15.9. The summed E-state index contributed by atoms with van der Waals surface area (Å²) in [4.78, 5) is 23.4. The van der Waals surface area contributed by atoms with Crippen LogP contribution in [0.5, 0.6) is 5.75 Å². The first-order chi connectivity index (χ1) is 10.6. The summed E-state index contributed by atoms with van der Waals surface area (Å²) in [6.45, 7) is 0. The van der Waals surface area contributed by atoms with E-state index in [2.05, 4.69) is 0 Å². The normalized spacial score (nSPS) is 10.9. The molecule has 0 bridgehead atoms. The van der Waals surface area contributed by atoms with Crippen LogP contribution in [-0.2, 0) is 9.53 Å². The van der Waals surface area contributed by atoms with Crippen LogP contribution < -0.4 is 4.74 Å². The molecular formula is C17H14O5. The fourth-order valence-electron chi connectivity index (χ4n) is 1.86. The molecule has 0 atom stereocenters. The SMILES string of the molecule is COC=C(C(=O)O)c1ccccc1OC(=O)c1ccccc1. The predicted octanol–water partition coefficient (Wildman–Crippen LogP) is 2.98. The smallest absolute Gasteiger partial charge is 0.343 e. The Balaban J connectivity index is 2.35. The van der Waals surface area contributed by atoms with Crippen molar-refractivity contribution >= 4 is 17.5 Å². The number of carboxylic acid groups (broad SMARTS) is 1. The van der Waals surface area contributed by atoms with Crippen molar-refractivity contribution in [3.63, 3.8) is 0 Å². The number of para-hydroxylation sites is 1. The topological polar surface area (TPSA) is 72.8 Å². The monoisotopic (exact) mass is 298 g/mol. The first-order valence-electron chi connectivity index (χ1n) is 6.46. The van der Waals surface area contributed by atoms with E-state index in [-0.39, 0.29) is 16.9 Å². The van der Waals surface area contributed by atoms with Crippen LogP contribution in [0.3, 0.4) is 0 Å². The summed E-state index contributed by atoms with van der Waals surface area (Å²) in [6, 6.07) is 14.9. The van der Waals surface area contributed by atoms with Gasteiger partial charge in [-0.1, -0.05) is 36.4 Å². The standard InChI is InChI=1S/C17H14O5/c1-21-11-14(16(18)19)13-9-5-6-10-15(13)22-17(20)12-7-3-2-4-8-12/h2-11H,1H3,(H,18,19). The number of aliphatic carboxylic acids is 1. The van der Waals surface area contributed by atoms with Crippen LogP contribution in [0, 0.1) is 0 Å². The van der Waals surface area contributed by atoms with Gasteiger partial charge in [0.2, 0.25) is 0 Å². The minimum atomic E-state index is -1.18. The highest BCUT2D eigenvalue weighted by Gasteiger charge is 2.18. The van der Waals surface area contributed by atoms with Crippen molar-refractivity contribution in [2.75, 3.05) is 7.11 Å². The summed E-state index contributed by atoms with van der Waals surface area (Å²) < 4.78 is 10.1. The second-order valence-electron chi connectivity index (χ2n) is 4.32. The van der Waals surface area contributed by atoms with Gasteiger partial charge in [0, 0.05) is 5.56 Å². The minimum Gasteiger partial charge on any atom is -0.503 e. The van der Waals surface area contributed by atoms with Crippen molar-refractivity contribution in [2.24, 2.45) is 0 Å². The lowest BCUT2D eigenvalue weighted by atomic mass is 10.1. The third-order valence-electron chi connectivity index (χ3n) is 2.86. The van der Waals surface area contributed by atoms with E-state index in [9.17, 15) is 14.7 Å². The quantitative estimate of drug-likeness (QED) is 0.397. The van der Waals surface area contributed by atoms with E-state index in [4.69, 9.17) is 9.47 Å². The van der Waals surface area contributed by atoms with Crippen molar-refractivity contribution in [1.82, 2.24) is 0 Å². The second-order valence-corrected chi connectivity index (χ2v) is 4.32. The molecule has 0 unspecified atom stereocenters. The third-order valence-corrected chi connectivity index (χ3v) is 2.86. The number of carbonyl (C=O) groups is 2. The van der Waals surface area contributed by atoms with E-state index in [0.29, 0.717) is 5.56 Å². The summed E-state index contributed by atoms with van der Waals surface area (Å²) in [5.41, 5.74) is 0.546. The highest BCUT2D eigenvalue weighted by Crippen LogP contribution is 2.27. The molecule has 2 aromatic carbocycles. The highest BCUT2D eigenvalue weighted by molar-refractivity contribution is 6.16. The molecule has 2 rings (SSSR count). The van der Waals surface area contributed by atoms with Crippen LogP contribution in [0.25, 0.3) is 5.57 Å². The van der Waals surface area contributed by atoms with Crippen molar-refractivity contribution in [1.29, 1.82) is 0 Å². The predicted molar refractivity (Wildman–Crippen MR) is 80.5 cm³/mol. The molecule has 1 N–H and O–H groups in total. The van der Waals surface area contributed by atoms with E-state index < -0.39 is 11.9 Å². The summed E-state index contributed by atoms with van der Waals surface area (Å²) >= 11 is 0. The summed E-state index contributed by atoms with van der Waals surface area (Å²) in [6.07, 6.45) is 1.09. The number of hydrogen-bond acceptors (Lipinski definition) is 4. The van der Waals surface area contributed by atoms with Crippen LogP contribution in [0.4, 0.5) is 0 Å². The molecule has 0 fully saturated rings. The molecule has 0 aliphatic heterocycles. The first-order valence-corrected chi connectivity index (χ1v) is 6.46. The van der Waals surface area contributed by atoms with E-state index in [1.54, 1.807) is 48.5 Å². The van der Waals surface area contributed by atoms with Gasteiger partial charge in [-0.2, -0.15) is 0 Å². The number of hydrogen-bond donors (Lipinski definition) is 1. The maximum atomic E-state index is 12.1. The molecule has 5 heteroatoms. The van der Waals surface area contributed by atoms with Crippen LogP contribution in [0.1, 0.15) is 15.9 Å². The molecule has 0 saturated heterocycles. The van der Waals surface area contributed by atoms with Gasteiger partial charge in [-0.15, -0.1) is 0 Å². The molecule has 0 aromatic heterocycles. The average Bonchev–Trinajstić information content (AvgIpc) is 2.54. The van der Waals surface area contributed by atoms with Crippen LogP contribution in [-0.4, -0.2) is 24.2 Å². The van der Waals surface area contributed by atoms with Gasteiger partial charge >= 0.3 is 11.9 Å². The van der Waals surface area contributed by atoms with E-state index in [1.165, 1.54) is 13.2 Å². The van der Waals surface area contributed by atoms with Crippen LogP contribution in [0.2, 0.25) is 0 Å². The molecule has 0 spiro atoms. The number of benzene rings is 2. The highest BCUT2D eigenvalue weighted by atomic mass is 16.5. The Morgan fingerprint density at radius 2 is 1.64 bits per heavy atom. The van der Waals surface area contributed by atoms with Gasteiger partial charge in [0.05, 0.1) is 18.9 Å². The fraction of sp³-hybridized carbons (Fsp3) is 0.0588. The fourth-order valence-corrected chi connectivity index (χ4v) is 1.86. The number of rotatable bonds is 5. The van der Waals surface area contributed by atoms with E-state index in [1.807, 2.05) is 0 Å². The largest absolute Gasteiger partial charge is 0.503 e. The third kappa shape index (κ3) is 3.52. The Kier molecular flexibility index (Phi) is 4.93.